The Balaban J connectivity index is 2.15. The van der Waals surface area contributed by atoms with Crippen molar-refractivity contribution in [1.29, 1.82) is 0 Å². The minimum atomic E-state index is -0.0437. The fourth-order valence-corrected chi connectivity index (χ4v) is 1.93. The summed E-state index contributed by atoms with van der Waals surface area (Å²) in [7, 11) is 3.87. The SMILES string of the molecule is CC1OCCC1(C)Nc1ccnc(N(C)C)n1. The zero-order valence-corrected chi connectivity index (χ0v) is 10.9. The van der Waals surface area contributed by atoms with E-state index in [0.29, 0.717) is 5.95 Å². The minimum Gasteiger partial charge on any atom is -0.376 e. The van der Waals surface area contributed by atoms with E-state index in [0.717, 1.165) is 18.8 Å². The second-order valence-electron chi connectivity index (χ2n) is 4.94. The van der Waals surface area contributed by atoms with Gasteiger partial charge in [0.25, 0.3) is 0 Å². The summed E-state index contributed by atoms with van der Waals surface area (Å²) in [6.07, 6.45) is 2.96. The van der Waals surface area contributed by atoms with E-state index in [1.807, 2.05) is 25.1 Å². The van der Waals surface area contributed by atoms with Gasteiger partial charge in [-0.05, 0) is 26.3 Å². The van der Waals surface area contributed by atoms with Crippen LogP contribution in [0.1, 0.15) is 20.3 Å². The molecule has 1 aliphatic heterocycles. The largest absolute Gasteiger partial charge is 0.376 e. The molecule has 0 aromatic carbocycles. The Morgan fingerprint density at radius 3 is 2.88 bits per heavy atom. The van der Waals surface area contributed by atoms with E-state index >= 15 is 0 Å². The van der Waals surface area contributed by atoms with Crippen molar-refractivity contribution in [2.24, 2.45) is 0 Å². The molecule has 5 heteroatoms. The maximum atomic E-state index is 5.60. The van der Waals surface area contributed by atoms with Crippen molar-refractivity contribution >= 4 is 11.8 Å². The number of aromatic nitrogens is 2. The van der Waals surface area contributed by atoms with Crippen LogP contribution in [0, 0.1) is 0 Å². The Hall–Kier alpha value is -1.36. The van der Waals surface area contributed by atoms with E-state index in [9.17, 15) is 0 Å². The van der Waals surface area contributed by atoms with Gasteiger partial charge < -0.3 is 15.0 Å². The molecule has 0 spiro atoms. The molecule has 0 saturated carbocycles. The number of ether oxygens (including phenoxy) is 1. The summed E-state index contributed by atoms with van der Waals surface area (Å²) in [6.45, 7) is 5.06. The van der Waals surface area contributed by atoms with Gasteiger partial charge in [0.2, 0.25) is 5.95 Å². The third-order valence-corrected chi connectivity index (χ3v) is 3.34. The van der Waals surface area contributed by atoms with E-state index in [4.69, 9.17) is 4.74 Å². The van der Waals surface area contributed by atoms with Crippen molar-refractivity contribution < 1.29 is 4.74 Å². The lowest BCUT2D eigenvalue weighted by molar-refractivity contribution is 0.105. The quantitative estimate of drug-likeness (QED) is 0.862. The lowest BCUT2D eigenvalue weighted by atomic mass is 9.95. The third-order valence-electron chi connectivity index (χ3n) is 3.34. The molecule has 5 nitrogen and oxygen atoms in total. The summed E-state index contributed by atoms with van der Waals surface area (Å²) >= 11 is 0. The van der Waals surface area contributed by atoms with E-state index in [1.54, 1.807) is 6.20 Å². The maximum Gasteiger partial charge on any atom is 0.226 e. The highest BCUT2D eigenvalue weighted by atomic mass is 16.5. The number of hydrogen-bond acceptors (Lipinski definition) is 5. The van der Waals surface area contributed by atoms with Gasteiger partial charge in [-0.25, -0.2) is 4.98 Å². The second-order valence-corrected chi connectivity index (χ2v) is 4.94. The molecular weight excluding hydrogens is 216 g/mol. The number of anilines is 2. The van der Waals surface area contributed by atoms with E-state index in [-0.39, 0.29) is 11.6 Å². The zero-order chi connectivity index (χ0) is 12.5. The summed E-state index contributed by atoms with van der Waals surface area (Å²) in [6, 6.07) is 1.89. The highest BCUT2D eigenvalue weighted by Gasteiger charge is 2.37. The zero-order valence-electron chi connectivity index (χ0n) is 10.9. The van der Waals surface area contributed by atoms with Crippen LogP contribution in [-0.4, -0.2) is 42.3 Å². The lowest BCUT2D eigenvalue weighted by Gasteiger charge is -2.29. The van der Waals surface area contributed by atoms with Gasteiger partial charge in [0.15, 0.2) is 0 Å². The molecule has 2 atom stereocenters. The van der Waals surface area contributed by atoms with E-state index in [2.05, 4.69) is 29.1 Å². The third kappa shape index (κ3) is 2.49. The summed E-state index contributed by atoms with van der Waals surface area (Å²) in [4.78, 5) is 10.6. The summed E-state index contributed by atoms with van der Waals surface area (Å²) in [5.74, 6) is 1.56. The molecule has 2 unspecified atom stereocenters. The van der Waals surface area contributed by atoms with Crippen molar-refractivity contribution in [3.05, 3.63) is 12.3 Å². The van der Waals surface area contributed by atoms with Gasteiger partial charge in [-0.15, -0.1) is 0 Å². The monoisotopic (exact) mass is 236 g/mol. The lowest BCUT2D eigenvalue weighted by Crippen LogP contribution is -2.41. The second kappa shape index (κ2) is 4.49. The smallest absolute Gasteiger partial charge is 0.226 e. The van der Waals surface area contributed by atoms with Gasteiger partial charge in [-0.2, -0.15) is 4.98 Å². The van der Waals surface area contributed by atoms with Crippen molar-refractivity contribution in [2.75, 3.05) is 30.9 Å². The summed E-state index contributed by atoms with van der Waals surface area (Å²) in [5.41, 5.74) is -0.0437. The van der Waals surface area contributed by atoms with Crippen LogP contribution in [0.15, 0.2) is 12.3 Å². The summed E-state index contributed by atoms with van der Waals surface area (Å²) < 4.78 is 5.60. The number of hydrogen-bond donors (Lipinski definition) is 1. The Kier molecular flexibility index (Phi) is 3.19. The van der Waals surface area contributed by atoms with Crippen molar-refractivity contribution in [1.82, 2.24) is 9.97 Å². The first-order chi connectivity index (χ1) is 8.01. The number of rotatable bonds is 3. The van der Waals surface area contributed by atoms with Crippen LogP contribution in [0.3, 0.4) is 0 Å². The molecule has 1 aliphatic rings. The molecule has 1 fully saturated rings. The van der Waals surface area contributed by atoms with Gasteiger partial charge >= 0.3 is 0 Å². The van der Waals surface area contributed by atoms with Gasteiger partial charge in [0.05, 0.1) is 11.6 Å². The average molecular weight is 236 g/mol. The highest BCUT2D eigenvalue weighted by molar-refractivity contribution is 5.43. The molecular formula is C12H20N4O. The van der Waals surface area contributed by atoms with Crippen molar-refractivity contribution in [3.8, 4) is 0 Å². The molecule has 1 aromatic rings. The van der Waals surface area contributed by atoms with Gasteiger partial charge in [-0.3, -0.25) is 0 Å². The van der Waals surface area contributed by atoms with Crippen LogP contribution in [-0.2, 0) is 4.74 Å². The molecule has 0 bridgehead atoms. The molecule has 1 saturated heterocycles. The Morgan fingerprint density at radius 2 is 2.29 bits per heavy atom. The fraction of sp³-hybridized carbons (Fsp3) is 0.667. The Morgan fingerprint density at radius 1 is 1.53 bits per heavy atom. The molecule has 0 radical (unpaired) electrons. The summed E-state index contributed by atoms with van der Waals surface area (Å²) in [5, 5.41) is 3.46. The first-order valence-corrected chi connectivity index (χ1v) is 5.91. The first-order valence-electron chi connectivity index (χ1n) is 5.91. The van der Waals surface area contributed by atoms with Crippen LogP contribution < -0.4 is 10.2 Å². The van der Waals surface area contributed by atoms with Crippen LogP contribution in [0.5, 0.6) is 0 Å². The maximum absolute atomic E-state index is 5.60. The Bertz CT molecular complexity index is 396. The topological polar surface area (TPSA) is 50.3 Å². The van der Waals surface area contributed by atoms with Gasteiger partial charge in [-0.1, -0.05) is 0 Å². The fourth-order valence-electron chi connectivity index (χ4n) is 1.93. The predicted octanol–water partition coefficient (Wildman–Crippen LogP) is 1.52. The average Bonchev–Trinajstić information content (AvgIpc) is 2.59. The van der Waals surface area contributed by atoms with Gasteiger partial charge in [0.1, 0.15) is 5.82 Å². The normalized spacial score (nSPS) is 28.1. The first kappa shape index (κ1) is 12.1. The van der Waals surface area contributed by atoms with Crippen LogP contribution in [0.25, 0.3) is 0 Å². The van der Waals surface area contributed by atoms with Crippen molar-refractivity contribution in [3.63, 3.8) is 0 Å². The van der Waals surface area contributed by atoms with Crippen LogP contribution in [0.2, 0.25) is 0 Å². The number of nitrogens with one attached hydrogen (secondary N) is 1. The molecule has 1 N–H and O–H groups in total. The number of nitrogens with zero attached hydrogens (tertiary/aromatic N) is 3. The van der Waals surface area contributed by atoms with E-state index in [1.165, 1.54) is 0 Å². The molecule has 17 heavy (non-hydrogen) atoms. The van der Waals surface area contributed by atoms with E-state index < -0.39 is 0 Å². The minimum absolute atomic E-state index is 0.0437. The molecule has 1 aromatic heterocycles. The van der Waals surface area contributed by atoms with Gasteiger partial charge in [0, 0.05) is 26.9 Å². The molecule has 0 amide bonds. The predicted molar refractivity (Wildman–Crippen MR) is 68.4 cm³/mol. The molecule has 2 rings (SSSR count). The van der Waals surface area contributed by atoms with Crippen LogP contribution >= 0.6 is 0 Å². The molecule has 2 heterocycles. The van der Waals surface area contributed by atoms with Crippen molar-refractivity contribution in [2.45, 2.75) is 31.9 Å². The standard InChI is InChI=1S/C12H20N4O/c1-9-12(2,6-8-17-9)15-10-5-7-13-11(14-10)16(3)4/h5,7,9H,6,8H2,1-4H3,(H,13,14,15). The Labute approximate surface area is 102 Å². The molecule has 0 aliphatic carbocycles. The molecule has 94 valence electrons. The van der Waals surface area contributed by atoms with Crippen LogP contribution in [0.4, 0.5) is 11.8 Å². The highest BCUT2D eigenvalue weighted by Crippen LogP contribution is 2.28.